The Labute approximate surface area is 171 Å². The van der Waals surface area contributed by atoms with Crippen molar-refractivity contribution in [1.82, 2.24) is 10.6 Å². The van der Waals surface area contributed by atoms with Crippen LogP contribution in [0.1, 0.15) is 76.3 Å². The summed E-state index contributed by atoms with van der Waals surface area (Å²) in [6.07, 6.45) is 9.49. The van der Waals surface area contributed by atoms with Gasteiger partial charge in [0, 0.05) is 17.7 Å². The summed E-state index contributed by atoms with van der Waals surface area (Å²) >= 11 is 6.07. The van der Waals surface area contributed by atoms with E-state index in [-0.39, 0.29) is 22.6 Å². The number of phenols is 1. The Bertz CT molecular complexity index is 767. The number of halogens is 1. The van der Waals surface area contributed by atoms with Crippen LogP contribution in [0.4, 0.5) is 4.79 Å². The zero-order valence-corrected chi connectivity index (χ0v) is 17.1. The number of aromatic hydroxyl groups is 1. The number of ketones is 1. The number of carbonyl (C=O) groups is 2. The Morgan fingerprint density at radius 3 is 2.57 bits per heavy atom. The van der Waals surface area contributed by atoms with Gasteiger partial charge in [-0.3, -0.25) is 4.79 Å². The van der Waals surface area contributed by atoms with E-state index in [1.807, 2.05) is 6.92 Å². The molecule has 0 saturated heterocycles. The van der Waals surface area contributed by atoms with E-state index in [1.54, 1.807) is 12.1 Å². The molecule has 0 bridgehead atoms. The van der Waals surface area contributed by atoms with E-state index in [9.17, 15) is 14.7 Å². The van der Waals surface area contributed by atoms with Crippen molar-refractivity contribution in [1.29, 1.82) is 0 Å². The number of hydrogen-bond donors (Lipinski definition) is 3. The van der Waals surface area contributed by atoms with E-state index in [2.05, 4.69) is 10.6 Å². The summed E-state index contributed by atoms with van der Waals surface area (Å²) in [6.45, 7) is 1.93. The molecule has 1 heterocycles. The minimum Gasteiger partial charge on any atom is -0.506 e. The van der Waals surface area contributed by atoms with Gasteiger partial charge in [0.15, 0.2) is 5.78 Å². The lowest BCUT2D eigenvalue weighted by atomic mass is 9.87. The predicted molar refractivity (Wildman–Crippen MR) is 110 cm³/mol. The van der Waals surface area contributed by atoms with Gasteiger partial charge in [-0.15, -0.1) is 0 Å². The second-order valence-corrected chi connectivity index (χ2v) is 8.21. The Hall–Kier alpha value is -2.01. The predicted octanol–water partition coefficient (Wildman–Crippen LogP) is 5.38. The minimum absolute atomic E-state index is 0.0217. The molecule has 1 aliphatic carbocycles. The maximum Gasteiger partial charge on any atom is 0.319 e. The summed E-state index contributed by atoms with van der Waals surface area (Å²) < 4.78 is 0. The van der Waals surface area contributed by atoms with Crippen LogP contribution in [0, 0.1) is 5.92 Å². The molecule has 0 unspecified atom stereocenters. The molecular formula is C22H29ClN2O3. The first-order valence-corrected chi connectivity index (χ1v) is 10.7. The van der Waals surface area contributed by atoms with Crippen LogP contribution in [0.3, 0.4) is 0 Å². The third kappa shape index (κ3) is 4.88. The molecule has 1 saturated carbocycles. The summed E-state index contributed by atoms with van der Waals surface area (Å²) in [5.74, 6) is 0.666. The monoisotopic (exact) mass is 404 g/mol. The molecule has 2 amide bonds. The second-order valence-electron chi connectivity index (χ2n) is 7.81. The molecule has 0 spiro atoms. The van der Waals surface area contributed by atoms with Gasteiger partial charge in [-0.2, -0.15) is 0 Å². The smallest absolute Gasteiger partial charge is 0.319 e. The number of nitrogens with one attached hydrogen (secondary N) is 2. The maximum atomic E-state index is 13.2. The first kappa shape index (κ1) is 20.7. The molecule has 2 aliphatic rings. The average molecular weight is 405 g/mol. The van der Waals surface area contributed by atoms with E-state index in [0.717, 1.165) is 6.42 Å². The number of amides is 2. The van der Waals surface area contributed by atoms with Crippen molar-refractivity contribution < 1.29 is 14.7 Å². The summed E-state index contributed by atoms with van der Waals surface area (Å²) in [5.41, 5.74) is 1.97. The lowest BCUT2D eigenvalue weighted by Crippen LogP contribution is -2.45. The number of rotatable bonds is 6. The van der Waals surface area contributed by atoms with Crippen molar-refractivity contribution >= 4 is 23.4 Å². The van der Waals surface area contributed by atoms with E-state index >= 15 is 0 Å². The fourth-order valence-electron chi connectivity index (χ4n) is 4.30. The SMILES string of the molecule is CCC1=C(C(=O)CCC2CCCCCC2)[C@H](c2ccc(O)c(Cl)c2)NC(=O)N1. The Morgan fingerprint density at radius 1 is 1.21 bits per heavy atom. The van der Waals surface area contributed by atoms with Crippen LogP contribution in [0.15, 0.2) is 29.5 Å². The van der Waals surface area contributed by atoms with Crippen LogP contribution in [0.2, 0.25) is 5.02 Å². The van der Waals surface area contributed by atoms with Crippen LogP contribution in [-0.4, -0.2) is 16.9 Å². The fraction of sp³-hybridized carbons (Fsp3) is 0.545. The number of carbonyl (C=O) groups excluding carboxylic acids is 2. The molecule has 6 heteroatoms. The van der Waals surface area contributed by atoms with Gasteiger partial charge in [0.1, 0.15) is 5.75 Å². The first-order chi connectivity index (χ1) is 13.5. The van der Waals surface area contributed by atoms with Crippen molar-refractivity contribution in [3.63, 3.8) is 0 Å². The molecule has 152 valence electrons. The van der Waals surface area contributed by atoms with Crippen molar-refractivity contribution in [3.05, 3.63) is 40.1 Å². The Kier molecular flexibility index (Phi) is 7.00. The Balaban J connectivity index is 1.82. The van der Waals surface area contributed by atoms with Crippen molar-refractivity contribution in [2.45, 2.75) is 70.8 Å². The standard InChI is InChI=1S/C22H29ClN2O3/c1-2-17-20(19(27)11-9-14-7-5-3-4-6-8-14)21(25-22(28)24-17)15-10-12-18(26)16(23)13-15/h10,12-14,21,26H,2-9,11H2,1H3,(H2,24,25,28)/t21-/m0/s1. The van der Waals surface area contributed by atoms with Gasteiger partial charge in [-0.25, -0.2) is 4.79 Å². The molecule has 0 radical (unpaired) electrons. The number of allylic oxidation sites excluding steroid dienone is 1. The van der Waals surface area contributed by atoms with E-state index in [0.29, 0.717) is 35.6 Å². The third-order valence-corrected chi connectivity index (χ3v) is 6.17. The third-order valence-electron chi connectivity index (χ3n) is 5.87. The number of benzene rings is 1. The highest BCUT2D eigenvalue weighted by Crippen LogP contribution is 2.34. The van der Waals surface area contributed by atoms with E-state index < -0.39 is 6.04 Å². The number of hydrogen-bond acceptors (Lipinski definition) is 3. The lowest BCUT2D eigenvalue weighted by molar-refractivity contribution is -0.116. The molecule has 0 aromatic heterocycles. The van der Waals surface area contributed by atoms with Gasteiger partial charge in [0.25, 0.3) is 0 Å². The quantitative estimate of drug-likeness (QED) is 0.556. The van der Waals surface area contributed by atoms with Gasteiger partial charge in [0.05, 0.1) is 11.1 Å². The van der Waals surface area contributed by atoms with E-state index in [1.165, 1.54) is 44.6 Å². The summed E-state index contributed by atoms with van der Waals surface area (Å²) in [5, 5.41) is 15.6. The molecule has 1 atom stereocenters. The zero-order valence-electron chi connectivity index (χ0n) is 16.4. The summed E-state index contributed by atoms with van der Waals surface area (Å²) in [6, 6.07) is 3.92. The molecule has 3 rings (SSSR count). The van der Waals surface area contributed by atoms with Crippen LogP contribution in [0.5, 0.6) is 5.75 Å². The molecule has 5 nitrogen and oxygen atoms in total. The van der Waals surface area contributed by atoms with Crippen molar-refractivity contribution in [2.24, 2.45) is 5.92 Å². The fourth-order valence-corrected chi connectivity index (χ4v) is 4.49. The second kappa shape index (κ2) is 9.46. The normalized spacial score (nSPS) is 21.1. The Morgan fingerprint density at radius 2 is 1.93 bits per heavy atom. The molecule has 28 heavy (non-hydrogen) atoms. The average Bonchev–Trinajstić information content (AvgIpc) is 2.96. The summed E-state index contributed by atoms with van der Waals surface area (Å²) in [4.78, 5) is 25.3. The zero-order chi connectivity index (χ0) is 20.1. The molecule has 1 aliphatic heterocycles. The molecule has 3 N–H and O–H groups in total. The topological polar surface area (TPSA) is 78.4 Å². The number of Topliss-reactive ketones (excluding diaryl/α,β-unsaturated/α-hetero) is 1. The van der Waals surface area contributed by atoms with Gasteiger partial charge in [0.2, 0.25) is 0 Å². The molecule has 1 fully saturated rings. The largest absolute Gasteiger partial charge is 0.506 e. The minimum atomic E-state index is -0.552. The van der Waals surface area contributed by atoms with Gasteiger partial charge in [-0.1, -0.05) is 63.1 Å². The maximum absolute atomic E-state index is 13.2. The number of phenolic OH excluding ortho intramolecular Hbond substituents is 1. The summed E-state index contributed by atoms with van der Waals surface area (Å²) in [7, 11) is 0. The van der Waals surface area contributed by atoms with Crippen LogP contribution in [0.25, 0.3) is 0 Å². The highest BCUT2D eigenvalue weighted by Gasteiger charge is 2.32. The first-order valence-electron chi connectivity index (χ1n) is 10.3. The molecule has 1 aromatic rings. The van der Waals surface area contributed by atoms with Gasteiger partial charge >= 0.3 is 6.03 Å². The number of urea groups is 1. The van der Waals surface area contributed by atoms with Crippen molar-refractivity contribution in [3.8, 4) is 5.75 Å². The van der Waals surface area contributed by atoms with Crippen LogP contribution < -0.4 is 10.6 Å². The van der Waals surface area contributed by atoms with Crippen LogP contribution in [-0.2, 0) is 4.79 Å². The molecule has 1 aromatic carbocycles. The van der Waals surface area contributed by atoms with Gasteiger partial charge < -0.3 is 15.7 Å². The van der Waals surface area contributed by atoms with Gasteiger partial charge in [-0.05, 0) is 36.5 Å². The lowest BCUT2D eigenvalue weighted by Gasteiger charge is -2.30. The highest BCUT2D eigenvalue weighted by atomic mass is 35.5. The van der Waals surface area contributed by atoms with Crippen LogP contribution >= 0.6 is 11.6 Å². The molecular weight excluding hydrogens is 376 g/mol. The van der Waals surface area contributed by atoms with E-state index in [4.69, 9.17) is 11.6 Å². The highest BCUT2D eigenvalue weighted by molar-refractivity contribution is 6.32. The van der Waals surface area contributed by atoms with Crippen molar-refractivity contribution in [2.75, 3.05) is 0 Å².